The maximum Gasteiger partial charge on any atom is 0.251 e. The Morgan fingerprint density at radius 1 is 1.09 bits per heavy atom. The number of carbonyl (C=O) groups excluding carboxylic acids is 2. The molecule has 0 aliphatic carbocycles. The van der Waals surface area contributed by atoms with Crippen LogP contribution in [0.2, 0.25) is 5.02 Å². The van der Waals surface area contributed by atoms with E-state index in [0.717, 1.165) is 24.3 Å². The fraction of sp³-hybridized carbons (Fsp3) is 0.333. The molecule has 4 rings (SSSR count). The Hall–Kier alpha value is -3.19. The van der Waals surface area contributed by atoms with Gasteiger partial charge in [0.05, 0.1) is 18.7 Å². The number of amides is 2. The van der Waals surface area contributed by atoms with E-state index in [0.29, 0.717) is 41.8 Å². The molecule has 2 aliphatic rings. The molecule has 0 unspecified atom stereocenters. The van der Waals surface area contributed by atoms with Crippen molar-refractivity contribution in [2.75, 3.05) is 50.8 Å². The summed E-state index contributed by atoms with van der Waals surface area (Å²) in [6.45, 7) is 5.23. The molecule has 0 spiro atoms. The Kier molecular flexibility index (Phi) is 6.85. The number of para-hydroxylation sites is 1. The molecule has 0 bridgehead atoms. The summed E-state index contributed by atoms with van der Waals surface area (Å²) in [6.07, 6.45) is 1.78. The third kappa shape index (κ3) is 4.99. The van der Waals surface area contributed by atoms with E-state index >= 15 is 0 Å². The topological polar surface area (TPSA) is 71.1 Å². The quantitative estimate of drug-likeness (QED) is 0.725. The molecule has 0 atom stereocenters. The van der Waals surface area contributed by atoms with Crippen molar-refractivity contribution in [3.63, 3.8) is 0 Å². The van der Waals surface area contributed by atoms with Crippen molar-refractivity contribution in [2.45, 2.75) is 6.92 Å². The van der Waals surface area contributed by atoms with Gasteiger partial charge >= 0.3 is 0 Å². The van der Waals surface area contributed by atoms with Crippen molar-refractivity contribution >= 4 is 35.2 Å². The lowest BCUT2D eigenvalue weighted by Crippen LogP contribution is -2.51. The van der Waals surface area contributed by atoms with Gasteiger partial charge in [-0.3, -0.25) is 9.59 Å². The molecule has 32 heavy (non-hydrogen) atoms. The summed E-state index contributed by atoms with van der Waals surface area (Å²) >= 11 is 5.95. The second kappa shape index (κ2) is 9.96. The van der Waals surface area contributed by atoms with Crippen LogP contribution in [0.25, 0.3) is 6.08 Å². The summed E-state index contributed by atoms with van der Waals surface area (Å²) in [5.74, 6) is 0.908. The molecule has 2 aromatic carbocycles. The van der Waals surface area contributed by atoms with Crippen LogP contribution in [0.3, 0.4) is 0 Å². The molecule has 2 heterocycles. The first-order valence-corrected chi connectivity index (χ1v) is 11.1. The molecule has 1 N–H and O–H groups in total. The minimum atomic E-state index is -0.300. The van der Waals surface area contributed by atoms with Gasteiger partial charge in [-0.25, -0.2) is 0 Å². The molecule has 0 aromatic heterocycles. The van der Waals surface area contributed by atoms with E-state index < -0.39 is 0 Å². The number of ether oxygens (including phenoxy) is 2. The van der Waals surface area contributed by atoms with Crippen molar-refractivity contribution in [3.8, 4) is 11.5 Å². The van der Waals surface area contributed by atoms with Crippen LogP contribution in [0, 0.1) is 0 Å². The smallest absolute Gasteiger partial charge is 0.251 e. The zero-order valence-electron chi connectivity index (χ0n) is 18.0. The van der Waals surface area contributed by atoms with E-state index in [1.165, 1.54) is 0 Å². The maximum absolute atomic E-state index is 12.6. The largest absolute Gasteiger partial charge is 0.490 e. The fourth-order valence-corrected chi connectivity index (χ4v) is 3.95. The fourth-order valence-electron chi connectivity index (χ4n) is 3.83. The highest BCUT2D eigenvalue weighted by Crippen LogP contribution is 2.35. The molecule has 168 valence electrons. The van der Waals surface area contributed by atoms with Crippen molar-refractivity contribution in [1.82, 2.24) is 10.2 Å². The first-order valence-electron chi connectivity index (χ1n) is 10.7. The first-order chi connectivity index (χ1) is 15.5. The molecule has 7 nitrogen and oxygen atoms in total. The highest BCUT2D eigenvalue weighted by Gasteiger charge is 2.24. The number of anilines is 1. The maximum atomic E-state index is 12.6. The number of rotatable bonds is 6. The van der Waals surface area contributed by atoms with Gasteiger partial charge in [-0.2, -0.15) is 0 Å². The van der Waals surface area contributed by atoms with E-state index in [4.69, 9.17) is 21.1 Å². The molecule has 2 aliphatic heterocycles. The molecule has 0 radical (unpaired) electrons. The Balaban J connectivity index is 1.29. The van der Waals surface area contributed by atoms with Gasteiger partial charge in [0.15, 0.2) is 11.5 Å². The number of halogens is 1. The highest BCUT2D eigenvalue weighted by molar-refractivity contribution is 6.30. The van der Waals surface area contributed by atoms with Crippen LogP contribution in [-0.2, 0) is 9.59 Å². The van der Waals surface area contributed by atoms with Gasteiger partial charge in [0, 0.05) is 42.5 Å². The van der Waals surface area contributed by atoms with Crippen molar-refractivity contribution in [1.29, 1.82) is 0 Å². The minimum Gasteiger partial charge on any atom is -0.490 e. The van der Waals surface area contributed by atoms with Crippen LogP contribution in [0.1, 0.15) is 12.5 Å². The predicted octanol–water partition coefficient (Wildman–Crippen LogP) is 2.98. The van der Waals surface area contributed by atoms with E-state index in [1.807, 2.05) is 49.4 Å². The number of fused-ring (bicyclic) bond motifs is 1. The second-order valence-corrected chi connectivity index (χ2v) is 8.03. The first kappa shape index (κ1) is 22.0. The highest BCUT2D eigenvalue weighted by atomic mass is 35.5. The number of hydrogen-bond acceptors (Lipinski definition) is 5. The molecule has 0 saturated carbocycles. The summed E-state index contributed by atoms with van der Waals surface area (Å²) < 4.78 is 11.3. The SMILES string of the molecule is CCOc1cccc2c1OCC(C(=O)NCC(=O)N1CCN(c3ccc(Cl)cc3)CC1)=C2. The van der Waals surface area contributed by atoms with Gasteiger partial charge in [-0.1, -0.05) is 23.7 Å². The Bertz CT molecular complexity index is 1010. The van der Waals surface area contributed by atoms with Gasteiger partial charge in [-0.15, -0.1) is 0 Å². The number of piperazine rings is 1. The minimum absolute atomic E-state index is 0.0387. The van der Waals surface area contributed by atoms with Crippen molar-refractivity contribution < 1.29 is 19.1 Å². The zero-order valence-corrected chi connectivity index (χ0v) is 18.7. The number of carbonyl (C=O) groups is 2. The number of nitrogens with one attached hydrogen (secondary N) is 1. The summed E-state index contributed by atoms with van der Waals surface area (Å²) in [6, 6.07) is 13.3. The number of nitrogens with zero attached hydrogens (tertiary/aromatic N) is 2. The average Bonchev–Trinajstić information content (AvgIpc) is 2.83. The summed E-state index contributed by atoms with van der Waals surface area (Å²) in [7, 11) is 0. The normalized spacial score (nSPS) is 15.4. The van der Waals surface area contributed by atoms with Crippen LogP contribution in [0.15, 0.2) is 48.0 Å². The second-order valence-electron chi connectivity index (χ2n) is 7.59. The summed E-state index contributed by atoms with van der Waals surface area (Å²) in [4.78, 5) is 29.2. The third-order valence-corrected chi connectivity index (χ3v) is 5.78. The standard InChI is InChI=1S/C24H26ClN3O4/c1-2-31-21-5-3-4-17-14-18(16-32-23(17)21)24(30)26-15-22(29)28-12-10-27(11-13-28)20-8-6-19(25)7-9-20/h3-9,14H,2,10-13,15-16H2,1H3,(H,26,30). The van der Waals surface area contributed by atoms with Crippen LogP contribution in [0.4, 0.5) is 5.69 Å². The van der Waals surface area contributed by atoms with Crippen LogP contribution < -0.4 is 19.7 Å². The van der Waals surface area contributed by atoms with Gasteiger partial charge in [0.1, 0.15) is 6.61 Å². The van der Waals surface area contributed by atoms with Gasteiger partial charge in [-0.05, 0) is 43.3 Å². The Morgan fingerprint density at radius 2 is 1.84 bits per heavy atom. The molecular weight excluding hydrogens is 430 g/mol. The Labute approximate surface area is 192 Å². The van der Waals surface area contributed by atoms with Crippen molar-refractivity contribution in [2.24, 2.45) is 0 Å². The Morgan fingerprint density at radius 3 is 2.56 bits per heavy atom. The van der Waals surface area contributed by atoms with E-state index in [1.54, 1.807) is 11.0 Å². The molecule has 2 aromatic rings. The molecule has 1 fully saturated rings. The van der Waals surface area contributed by atoms with Gasteiger partial charge < -0.3 is 24.6 Å². The zero-order chi connectivity index (χ0) is 22.5. The lowest BCUT2D eigenvalue weighted by Gasteiger charge is -2.36. The van der Waals surface area contributed by atoms with Gasteiger partial charge in [0.2, 0.25) is 5.91 Å². The third-order valence-electron chi connectivity index (χ3n) is 5.53. The molecule has 8 heteroatoms. The lowest BCUT2D eigenvalue weighted by atomic mass is 10.1. The van der Waals surface area contributed by atoms with Gasteiger partial charge in [0.25, 0.3) is 5.91 Å². The molecular formula is C24H26ClN3O4. The predicted molar refractivity (Wildman–Crippen MR) is 124 cm³/mol. The summed E-state index contributed by atoms with van der Waals surface area (Å²) in [5, 5.41) is 3.43. The van der Waals surface area contributed by atoms with E-state index in [2.05, 4.69) is 10.2 Å². The lowest BCUT2D eigenvalue weighted by molar-refractivity contribution is -0.132. The summed E-state index contributed by atoms with van der Waals surface area (Å²) in [5.41, 5.74) is 2.36. The average molecular weight is 456 g/mol. The van der Waals surface area contributed by atoms with Crippen LogP contribution >= 0.6 is 11.6 Å². The monoisotopic (exact) mass is 455 g/mol. The number of benzene rings is 2. The van der Waals surface area contributed by atoms with Crippen LogP contribution in [-0.4, -0.2) is 62.7 Å². The molecule has 2 amide bonds. The van der Waals surface area contributed by atoms with Crippen molar-refractivity contribution in [3.05, 3.63) is 58.6 Å². The number of hydrogen-bond donors (Lipinski definition) is 1. The molecule has 1 saturated heterocycles. The van der Waals surface area contributed by atoms with E-state index in [-0.39, 0.29) is 25.0 Å². The van der Waals surface area contributed by atoms with E-state index in [9.17, 15) is 9.59 Å². The van der Waals surface area contributed by atoms with Crippen LogP contribution in [0.5, 0.6) is 11.5 Å².